The quantitative estimate of drug-likeness (QED) is 0.900. The van der Waals surface area contributed by atoms with Crippen LogP contribution in [0.15, 0.2) is 42.5 Å². The van der Waals surface area contributed by atoms with Crippen molar-refractivity contribution in [1.82, 2.24) is 0 Å². The molecular weight excluding hydrogens is 248 g/mol. The Labute approximate surface area is 119 Å². The smallest absolute Gasteiger partial charge is 0.121 e. The van der Waals surface area contributed by atoms with Gasteiger partial charge in [0.15, 0.2) is 0 Å². The predicted molar refractivity (Wildman–Crippen MR) is 81.1 cm³/mol. The summed E-state index contributed by atoms with van der Waals surface area (Å²) in [5.74, 6) is 0.752. The van der Waals surface area contributed by atoms with Crippen LogP contribution in [0.4, 0.5) is 5.69 Å². The van der Waals surface area contributed by atoms with E-state index in [9.17, 15) is 0 Å². The number of nitrogens with zero attached hydrogens (tertiary/aromatic N) is 1. The van der Waals surface area contributed by atoms with E-state index in [0.29, 0.717) is 5.56 Å². The molecule has 0 heterocycles. The molecule has 2 aromatic carbocycles. The number of ether oxygens (including phenoxy) is 1. The Kier molecular flexibility index (Phi) is 4.62. The van der Waals surface area contributed by atoms with E-state index in [1.165, 1.54) is 11.1 Å². The van der Waals surface area contributed by atoms with Gasteiger partial charge >= 0.3 is 0 Å². The maximum Gasteiger partial charge on any atom is 0.121 e. The lowest BCUT2D eigenvalue weighted by molar-refractivity contribution is 0.415. The Morgan fingerprint density at radius 2 is 2.00 bits per heavy atom. The van der Waals surface area contributed by atoms with Crippen LogP contribution < -0.4 is 10.1 Å². The van der Waals surface area contributed by atoms with Gasteiger partial charge in [0.1, 0.15) is 11.8 Å². The molecule has 0 aliphatic heterocycles. The molecule has 0 amide bonds. The van der Waals surface area contributed by atoms with Crippen LogP contribution in [0.2, 0.25) is 0 Å². The minimum atomic E-state index is 0.635. The number of anilines is 1. The van der Waals surface area contributed by atoms with E-state index >= 15 is 0 Å². The summed E-state index contributed by atoms with van der Waals surface area (Å²) in [6, 6.07) is 16.0. The third-order valence-electron chi connectivity index (χ3n) is 3.32. The van der Waals surface area contributed by atoms with Crippen LogP contribution in [0.5, 0.6) is 5.75 Å². The molecule has 20 heavy (non-hydrogen) atoms. The monoisotopic (exact) mass is 266 g/mol. The van der Waals surface area contributed by atoms with Crippen molar-refractivity contribution >= 4 is 5.69 Å². The van der Waals surface area contributed by atoms with E-state index in [1.54, 1.807) is 19.2 Å². The molecule has 0 radical (unpaired) electrons. The zero-order valence-electron chi connectivity index (χ0n) is 11.8. The molecule has 0 aromatic heterocycles. The van der Waals surface area contributed by atoms with Gasteiger partial charge < -0.3 is 10.1 Å². The molecule has 2 aromatic rings. The molecule has 2 rings (SSSR count). The summed E-state index contributed by atoms with van der Waals surface area (Å²) >= 11 is 0. The first-order valence-electron chi connectivity index (χ1n) is 6.61. The summed E-state index contributed by atoms with van der Waals surface area (Å²) in [5.41, 5.74) is 4.07. The first-order valence-corrected chi connectivity index (χ1v) is 6.61. The van der Waals surface area contributed by atoms with Crippen molar-refractivity contribution < 1.29 is 4.74 Å². The third kappa shape index (κ3) is 3.30. The average molecular weight is 266 g/mol. The van der Waals surface area contributed by atoms with Crippen LogP contribution in [0, 0.1) is 18.3 Å². The Morgan fingerprint density at radius 3 is 2.70 bits per heavy atom. The number of methoxy groups -OCH3 is 1. The fourth-order valence-electron chi connectivity index (χ4n) is 2.12. The minimum Gasteiger partial charge on any atom is -0.497 e. The normalized spacial score (nSPS) is 9.85. The van der Waals surface area contributed by atoms with Crippen molar-refractivity contribution in [3.63, 3.8) is 0 Å². The SMILES string of the molecule is COc1ccc(C#N)c(NCCc2ccccc2C)c1. The van der Waals surface area contributed by atoms with Crippen LogP contribution in [0.25, 0.3) is 0 Å². The van der Waals surface area contributed by atoms with E-state index in [1.807, 2.05) is 12.1 Å². The zero-order valence-corrected chi connectivity index (χ0v) is 11.8. The van der Waals surface area contributed by atoms with Gasteiger partial charge in [-0.3, -0.25) is 0 Å². The van der Waals surface area contributed by atoms with E-state index in [2.05, 4.69) is 36.5 Å². The lowest BCUT2D eigenvalue weighted by atomic mass is 10.1. The Hall–Kier alpha value is -2.47. The van der Waals surface area contributed by atoms with Gasteiger partial charge in [0, 0.05) is 12.6 Å². The van der Waals surface area contributed by atoms with Gasteiger partial charge in [0.25, 0.3) is 0 Å². The van der Waals surface area contributed by atoms with Crippen LogP contribution in [0.3, 0.4) is 0 Å². The summed E-state index contributed by atoms with van der Waals surface area (Å²) in [7, 11) is 1.62. The molecule has 3 nitrogen and oxygen atoms in total. The van der Waals surface area contributed by atoms with E-state index in [4.69, 9.17) is 10.00 Å². The second-order valence-electron chi connectivity index (χ2n) is 4.63. The number of benzene rings is 2. The highest BCUT2D eigenvalue weighted by atomic mass is 16.5. The zero-order chi connectivity index (χ0) is 14.4. The third-order valence-corrected chi connectivity index (χ3v) is 3.32. The van der Waals surface area contributed by atoms with E-state index < -0.39 is 0 Å². The predicted octanol–water partition coefficient (Wildman–Crippen LogP) is 3.53. The second kappa shape index (κ2) is 6.63. The van der Waals surface area contributed by atoms with Gasteiger partial charge in [-0.25, -0.2) is 0 Å². The molecule has 1 N–H and O–H groups in total. The Bertz CT molecular complexity index is 629. The largest absolute Gasteiger partial charge is 0.497 e. The molecule has 0 aliphatic rings. The van der Waals surface area contributed by atoms with Crippen molar-refractivity contribution in [2.24, 2.45) is 0 Å². The average Bonchev–Trinajstić information content (AvgIpc) is 2.49. The number of hydrogen-bond acceptors (Lipinski definition) is 3. The van der Waals surface area contributed by atoms with Crippen LogP contribution in [-0.2, 0) is 6.42 Å². The fraction of sp³-hybridized carbons (Fsp3) is 0.235. The topological polar surface area (TPSA) is 45.0 Å². The molecule has 0 atom stereocenters. The minimum absolute atomic E-state index is 0.635. The van der Waals surface area contributed by atoms with E-state index in [0.717, 1.165) is 24.4 Å². The summed E-state index contributed by atoms with van der Waals surface area (Å²) < 4.78 is 5.19. The fourth-order valence-corrected chi connectivity index (χ4v) is 2.12. The van der Waals surface area contributed by atoms with Crippen molar-refractivity contribution in [3.8, 4) is 11.8 Å². The summed E-state index contributed by atoms with van der Waals surface area (Å²) in [4.78, 5) is 0. The molecule has 0 aliphatic carbocycles. The standard InChI is InChI=1S/C17H18N2O/c1-13-5-3-4-6-14(13)9-10-19-17-11-16(20-2)8-7-15(17)12-18/h3-8,11,19H,9-10H2,1-2H3. The molecule has 0 saturated heterocycles. The highest BCUT2D eigenvalue weighted by molar-refractivity contribution is 5.60. The van der Waals surface area contributed by atoms with Crippen molar-refractivity contribution in [2.75, 3.05) is 19.0 Å². The Balaban J connectivity index is 2.04. The number of nitriles is 1. The lowest BCUT2D eigenvalue weighted by Crippen LogP contribution is -2.07. The first-order chi connectivity index (χ1) is 9.74. The molecule has 0 fully saturated rings. The Morgan fingerprint density at radius 1 is 1.20 bits per heavy atom. The van der Waals surface area contributed by atoms with Gasteiger partial charge in [-0.05, 0) is 36.6 Å². The number of rotatable bonds is 5. The van der Waals surface area contributed by atoms with E-state index in [-0.39, 0.29) is 0 Å². The van der Waals surface area contributed by atoms with Crippen molar-refractivity contribution in [1.29, 1.82) is 5.26 Å². The van der Waals surface area contributed by atoms with Gasteiger partial charge in [-0.1, -0.05) is 24.3 Å². The number of hydrogen-bond donors (Lipinski definition) is 1. The van der Waals surface area contributed by atoms with Crippen molar-refractivity contribution in [2.45, 2.75) is 13.3 Å². The molecular formula is C17H18N2O. The summed E-state index contributed by atoms with van der Waals surface area (Å²) in [6.07, 6.45) is 0.925. The highest BCUT2D eigenvalue weighted by Crippen LogP contribution is 2.22. The second-order valence-corrected chi connectivity index (χ2v) is 4.63. The van der Waals surface area contributed by atoms with Crippen LogP contribution in [0.1, 0.15) is 16.7 Å². The van der Waals surface area contributed by atoms with Gasteiger partial charge in [0.2, 0.25) is 0 Å². The maximum atomic E-state index is 9.11. The lowest BCUT2D eigenvalue weighted by Gasteiger charge is -2.11. The van der Waals surface area contributed by atoms with Crippen LogP contribution in [-0.4, -0.2) is 13.7 Å². The maximum absolute atomic E-state index is 9.11. The van der Waals surface area contributed by atoms with Gasteiger partial charge in [-0.15, -0.1) is 0 Å². The summed E-state index contributed by atoms with van der Waals surface area (Å²) in [5, 5.41) is 12.4. The molecule has 3 heteroatoms. The molecule has 0 bridgehead atoms. The van der Waals surface area contributed by atoms with Crippen molar-refractivity contribution in [3.05, 3.63) is 59.2 Å². The number of aryl methyl sites for hydroxylation is 1. The molecule has 102 valence electrons. The molecule has 0 unspecified atom stereocenters. The summed E-state index contributed by atoms with van der Waals surface area (Å²) in [6.45, 7) is 2.90. The van der Waals surface area contributed by atoms with Gasteiger partial charge in [-0.2, -0.15) is 5.26 Å². The molecule has 0 saturated carbocycles. The highest BCUT2D eigenvalue weighted by Gasteiger charge is 2.04. The van der Waals surface area contributed by atoms with Gasteiger partial charge in [0.05, 0.1) is 18.4 Å². The number of nitrogens with one attached hydrogen (secondary N) is 1. The first kappa shape index (κ1) is 14.0. The van der Waals surface area contributed by atoms with Crippen LogP contribution >= 0.6 is 0 Å². The molecule has 0 spiro atoms.